The first-order valence-electron chi connectivity index (χ1n) is 6.25. The van der Waals surface area contributed by atoms with Crippen molar-refractivity contribution < 1.29 is 4.92 Å². The molecule has 5 heteroatoms. The Morgan fingerprint density at radius 2 is 1.95 bits per heavy atom. The number of benzene rings is 2. The number of hydrogen-bond acceptors (Lipinski definition) is 3. The highest BCUT2D eigenvalue weighted by Crippen LogP contribution is 2.28. The molecule has 0 radical (unpaired) electrons. The van der Waals surface area contributed by atoms with Gasteiger partial charge in [-0.1, -0.05) is 29.8 Å². The molecule has 2 aromatic carbocycles. The minimum absolute atomic E-state index is 0.0175. The van der Waals surface area contributed by atoms with Crippen LogP contribution in [-0.4, -0.2) is 4.92 Å². The molecule has 20 heavy (non-hydrogen) atoms. The molecule has 1 unspecified atom stereocenters. The second-order valence-electron chi connectivity index (χ2n) is 4.64. The number of nitro groups is 1. The SMILES string of the molecule is Cc1cc([N+](=O)[O-])ccc1NC(C)c1ccccc1Cl. The maximum atomic E-state index is 10.7. The standard InChI is InChI=1S/C15H15ClN2O2/c1-10-9-12(18(19)20)7-8-15(10)17-11(2)13-5-3-4-6-14(13)16/h3-9,11,17H,1-2H3. The van der Waals surface area contributed by atoms with Crippen molar-refractivity contribution in [2.75, 3.05) is 5.32 Å². The zero-order valence-corrected chi connectivity index (χ0v) is 12.0. The first-order chi connectivity index (χ1) is 9.49. The molecule has 0 aliphatic heterocycles. The van der Waals surface area contributed by atoms with E-state index in [1.54, 1.807) is 12.1 Å². The number of nitro benzene ring substituents is 1. The number of halogens is 1. The Labute approximate surface area is 122 Å². The summed E-state index contributed by atoms with van der Waals surface area (Å²) in [5.41, 5.74) is 2.78. The van der Waals surface area contributed by atoms with Crippen molar-refractivity contribution in [3.63, 3.8) is 0 Å². The van der Waals surface area contributed by atoms with Gasteiger partial charge in [0.15, 0.2) is 0 Å². The lowest BCUT2D eigenvalue weighted by atomic mass is 10.1. The third-order valence-corrected chi connectivity index (χ3v) is 3.51. The van der Waals surface area contributed by atoms with Crippen LogP contribution in [0, 0.1) is 17.0 Å². The van der Waals surface area contributed by atoms with Gasteiger partial charge in [0.05, 0.1) is 4.92 Å². The molecule has 0 saturated heterocycles. The highest BCUT2D eigenvalue weighted by Gasteiger charge is 2.12. The molecule has 0 aliphatic carbocycles. The smallest absolute Gasteiger partial charge is 0.269 e. The van der Waals surface area contributed by atoms with Crippen molar-refractivity contribution in [1.82, 2.24) is 0 Å². The molecular weight excluding hydrogens is 276 g/mol. The molecule has 1 N–H and O–H groups in total. The summed E-state index contributed by atoms with van der Waals surface area (Å²) in [5.74, 6) is 0. The molecule has 4 nitrogen and oxygen atoms in total. The van der Waals surface area contributed by atoms with Gasteiger partial charge >= 0.3 is 0 Å². The molecule has 2 rings (SSSR count). The van der Waals surface area contributed by atoms with Gasteiger partial charge in [-0.15, -0.1) is 0 Å². The van der Waals surface area contributed by atoms with Crippen LogP contribution in [0.4, 0.5) is 11.4 Å². The summed E-state index contributed by atoms with van der Waals surface area (Å²) in [4.78, 5) is 10.3. The first-order valence-corrected chi connectivity index (χ1v) is 6.63. The van der Waals surface area contributed by atoms with Crippen LogP contribution in [-0.2, 0) is 0 Å². The van der Waals surface area contributed by atoms with Crippen molar-refractivity contribution in [1.29, 1.82) is 0 Å². The van der Waals surface area contributed by atoms with Gasteiger partial charge in [0.2, 0.25) is 0 Å². The van der Waals surface area contributed by atoms with E-state index >= 15 is 0 Å². The Balaban J connectivity index is 2.22. The number of nitrogens with zero attached hydrogens (tertiary/aromatic N) is 1. The number of non-ortho nitro benzene ring substituents is 1. The summed E-state index contributed by atoms with van der Waals surface area (Å²) in [6, 6.07) is 12.4. The molecule has 0 amide bonds. The van der Waals surface area contributed by atoms with E-state index in [1.807, 2.05) is 38.1 Å². The maximum absolute atomic E-state index is 10.7. The van der Waals surface area contributed by atoms with E-state index in [2.05, 4.69) is 5.32 Å². The summed E-state index contributed by atoms with van der Waals surface area (Å²) >= 11 is 6.16. The fourth-order valence-electron chi connectivity index (χ4n) is 2.06. The zero-order valence-electron chi connectivity index (χ0n) is 11.3. The van der Waals surface area contributed by atoms with Crippen LogP contribution >= 0.6 is 11.6 Å². The average molecular weight is 291 g/mol. The predicted octanol–water partition coefficient (Wildman–Crippen LogP) is 4.73. The van der Waals surface area contributed by atoms with Crippen LogP contribution in [0.3, 0.4) is 0 Å². The minimum Gasteiger partial charge on any atom is -0.378 e. The van der Waals surface area contributed by atoms with Gasteiger partial charge in [-0.25, -0.2) is 0 Å². The average Bonchev–Trinajstić information content (AvgIpc) is 2.41. The van der Waals surface area contributed by atoms with E-state index < -0.39 is 4.92 Å². The Kier molecular flexibility index (Phi) is 4.25. The van der Waals surface area contributed by atoms with Crippen LogP contribution in [0.1, 0.15) is 24.1 Å². The predicted molar refractivity (Wildman–Crippen MR) is 81.3 cm³/mol. The zero-order chi connectivity index (χ0) is 14.7. The van der Waals surface area contributed by atoms with Gasteiger partial charge in [-0.2, -0.15) is 0 Å². The number of nitrogens with one attached hydrogen (secondary N) is 1. The molecule has 104 valence electrons. The lowest BCUT2D eigenvalue weighted by Gasteiger charge is -2.18. The summed E-state index contributed by atoms with van der Waals surface area (Å²) < 4.78 is 0. The molecule has 2 aromatic rings. The van der Waals surface area contributed by atoms with Gasteiger partial charge in [0, 0.05) is 28.9 Å². The Bertz CT molecular complexity index is 644. The van der Waals surface area contributed by atoms with Gasteiger partial charge in [0.25, 0.3) is 5.69 Å². The van der Waals surface area contributed by atoms with Gasteiger partial charge < -0.3 is 5.32 Å². The monoisotopic (exact) mass is 290 g/mol. The second kappa shape index (κ2) is 5.92. The van der Waals surface area contributed by atoms with Crippen molar-refractivity contribution >= 4 is 23.0 Å². The van der Waals surface area contributed by atoms with Crippen LogP contribution < -0.4 is 5.32 Å². The topological polar surface area (TPSA) is 55.2 Å². The van der Waals surface area contributed by atoms with E-state index in [0.717, 1.165) is 16.8 Å². The molecule has 0 bridgehead atoms. The van der Waals surface area contributed by atoms with Crippen LogP contribution in [0.15, 0.2) is 42.5 Å². The largest absolute Gasteiger partial charge is 0.378 e. The van der Waals surface area contributed by atoms with E-state index in [-0.39, 0.29) is 11.7 Å². The van der Waals surface area contributed by atoms with Gasteiger partial charge in [0.1, 0.15) is 0 Å². The second-order valence-corrected chi connectivity index (χ2v) is 5.05. The van der Waals surface area contributed by atoms with Gasteiger partial charge in [-0.05, 0) is 37.1 Å². The van der Waals surface area contributed by atoms with E-state index in [0.29, 0.717) is 5.02 Å². The molecule has 0 aromatic heterocycles. The lowest BCUT2D eigenvalue weighted by molar-refractivity contribution is -0.384. The minimum atomic E-state index is -0.395. The maximum Gasteiger partial charge on any atom is 0.269 e. The summed E-state index contributed by atoms with van der Waals surface area (Å²) in [7, 11) is 0. The quantitative estimate of drug-likeness (QED) is 0.654. The molecular formula is C15H15ClN2O2. The molecule has 1 atom stereocenters. The van der Waals surface area contributed by atoms with E-state index in [9.17, 15) is 10.1 Å². The molecule has 0 fully saturated rings. The van der Waals surface area contributed by atoms with Crippen LogP contribution in [0.2, 0.25) is 5.02 Å². The fraction of sp³-hybridized carbons (Fsp3) is 0.200. The van der Waals surface area contributed by atoms with E-state index in [4.69, 9.17) is 11.6 Å². The Hall–Kier alpha value is -2.07. The Morgan fingerprint density at radius 1 is 1.25 bits per heavy atom. The van der Waals surface area contributed by atoms with Gasteiger partial charge in [-0.3, -0.25) is 10.1 Å². The van der Waals surface area contributed by atoms with Crippen molar-refractivity contribution in [3.8, 4) is 0 Å². The number of hydrogen-bond donors (Lipinski definition) is 1. The summed E-state index contributed by atoms with van der Waals surface area (Å²) in [5, 5.41) is 14.7. The lowest BCUT2D eigenvalue weighted by Crippen LogP contribution is -2.08. The van der Waals surface area contributed by atoms with Crippen molar-refractivity contribution in [2.45, 2.75) is 19.9 Å². The first kappa shape index (κ1) is 14.3. The summed E-state index contributed by atoms with van der Waals surface area (Å²) in [6.45, 7) is 3.84. The van der Waals surface area contributed by atoms with Crippen LogP contribution in [0.25, 0.3) is 0 Å². The number of rotatable bonds is 4. The van der Waals surface area contributed by atoms with Crippen molar-refractivity contribution in [2.24, 2.45) is 0 Å². The normalized spacial score (nSPS) is 11.9. The third kappa shape index (κ3) is 3.08. The van der Waals surface area contributed by atoms with Crippen LogP contribution in [0.5, 0.6) is 0 Å². The highest BCUT2D eigenvalue weighted by molar-refractivity contribution is 6.31. The molecule has 0 saturated carbocycles. The van der Waals surface area contributed by atoms with E-state index in [1.165, 1.54) is 6.07 Å². The third-order valence-electron chi connectivity index (χ3n) is 3.16. The highest BCUT2D eigenvalue weighted by atomic mass is 35.5. The van der Waals surface area contributed by atoms with Crippen molar-refractivity contribution in [3.05, 3.63) is 68.7 Å². The Morgan fingerprint density at radius 3 is 2.55 bits per heavy atom. The molecule has 0 aliphatic rings. The fourth-order valence-corrected chi connectivity index (χ4v) is 2.36. The number of aryl methyl sites for hydroxylation is 1. The summed E-state index contributed by atoms with van der Waals surface area (Å²) in [6.07, 6.45) is 0. The number of anilines is 1. The molecule has 0 spiro atoms. The molecule has 0 heterocycles.